The van der Waals surface area contributed by atoms with Crippen molar-refractivity contribution in [1.29, 1.82) is 0 Å². The summed E-state index contributed by atoms with van der Waals surface area (Å²) in [5.41, 5.74) is -2.41. The first-order valence-electron chi connectivity index (χ1n) is 3.24. The van der Waals surface area contributed by atoms with E-state index in [1.807, 2.05) is 0 Å². The van der Waals surface area contributed by atoms with Crippen LogP contribution in [-0.4, -0.2) is 38.4 Å². The summed E-state index contributed by atoms with van der Waals surface area (Å²) in [4.78, 5) is 35.9. The van der Waals surface area contributed by atoms with Crippen molar-refractivity contribution in [2.45, 2.75) is 0 Å². The van der Waals surface area contributed by atoms with Crippen molar-refractivity contribution < 1.29 is 10.2 Å². The van der Waals surface area contributed by atoms with Crippen molar-refractivity contribution in [2.24, 2.45) is 0 Å². The monoisotopic (exact) mass is 191 g/mol. The number of aliphatic hydroxyl groups is 2. The number of rotatable bonds is 1. The molecule has 8 nitrogen and oxygen atoms in total. The third-order valence-corrected chi connectivity index (χ3v) is 0.781. The lowest BCUT2D eigenvalue weighted by Gasteiger charge is -1.77. The van der Waals surface area contributed by atoms with Gasteiger partial charge in [0.1, 0.15) is 0 Å². The number of H-pyrrole nitrogens is 3. The number of nitrogens with one attached hydrogen (secondary N) is 3. The number of aliphatic hydroxyl groups excluding tert-OH is 2. The fraction of sp³-hybridized carbons (Fsp3) is 0.400. The van der Waals surface area contributed by atoms with Gasteiger partial charge in [-0.2, -0.15) is 0 Å². The first-order valence-corrected chi connectivity index (χ1v) is 3.24. The predicted octanol–water partition coefficient (Wildman–Crippen LogP) is -3.28. The Morgan fingerprint density at radius 3 is 1.15 bits per heavy atom. The molecular weight excluding hydrogens is 182 g/mol. The van der Waals surface area contributed by atoms with Gasteiger partial charge in [-0.1, -0.05) is 0 Å². The van der Waals surface area contributed by atoms with Crippen LogP contribution in [0.15, 0.2) is 14.4 Å². The van der Waals surface area contributed by atoms with Gasteiger partial charge < -0.3 is 10.2 Å². The smallest absolute Gasteiger partial charge is 0.330 e. The molecular formula is C5H9N3O5. The Hall–Kier alpha value is -1.67. The van der Waals surface area contributed by atoms with E-state index in [-0.39, 0.29) is 13.2 Å². The molecule has 0 aromatic carbocycles. The van der Waals surface area contributed by atoms with Gasteiger partial charge in [0, 0.05) is 0 Å². The van der Waals surface area contributed by atoms with E-state index >= 15 is 0 Å². The van der Waals surface area contributed by atoms with Crippen molar-refractivity contribution >= 4 is 0 Å². The highest BCUT2D eigenvalue weighted by Gasteiger charge is 1.84. The summed E-state index contributed by atoms with van der Waals surface area (Å²) in [5, 5.41) is 15.2. The van der Waals surface area contributed by atoms with Gasteiger partial charge in [-0.25, -0.2) is 14.4 Å². The van der Waals surface area contributed by atoms with Crippen LogP contribution in [-0.2, 0) is 0 Å². The number of aromatic nitrogens is 3. The second-order valence-electron chi connectivity index (χ2n) is 1.81. The molecule has 0 amide bonds. The highest BCUT2D eigenvalue weighted by molar-refractivity contribution is 4.60. The van der Waals surface area contributed by atoms with E-state index in [9.17, 15) is 14.4 Å². The Labute approximate surface area is 70.9 Å². The number of hydrogen-bond acceptors (Lipinski definition) is 5. The number of hydrogen-bond donors (Lipinski definition) is 5. The molecule has 0 fully saturated rings. The standard InChI is InChI=1S/C3H3N3O3.C2H6O2/c7-1-4-2(8)6-3(9)5-1;3-1-2-4/h(H3,4,5,6,7,8,9);3-4H,1-2H2. The molecule has 1 aromatic heterocycles. The summed E-state index contributed by atoms with van der Waals surface area (Å²) in [6, 6.07) is 0. The van der Waals surface area contributed by atoms with Crippen LogP contribution in [0.3, 0.4) is 0 Å². The van der Waals surface area contributed by atoms with Gasteiger partial charge in [-0.05, 0) is 0 Å². The van der Waals surface area contributed by atoms with E-state index in [1.54, 1.807) is 15.0 Å². The second kappa shape index (κ2) is 5.91. The molecule has 0 unspecified atom stereocenters. The fourth-order valence-electron chi connectivity index (χ4n) is 0.403. The summed E-state index contributed by atoms with van der Waals surface area (Å²) in [6.45, 7) is -0.250. The van der Waals surface area contributed by atoms with E-state index < -0.39 is 17.1 Å². The van der Waals surface area contributed by atoms with E-state index in [4.69, 9.17) is 10.2 Å². The van der Waals surface area contributed by atoms with Gasteiger partial charge in [0.05, 0.1) is 13.2 Å². The quantitative estimate of drug-likeness (QED) is 0.317. The van der Waals surface area contributed by atoms with Gasteiger partial charge in [0.2, 0.25) is 0 Å². The molecule has 0 aliphatic carbocycles. The van der Waals surface area contributed by atoms with Crippen molar-refractivity contribution in [3.63, 3.8) is 0 Å². The molecule has 1 heterocycles. The lowest BCUT2D eigenvalue weighted by Crippen LogP contribution is -2.34. The molecule has 0 aliphatic rings. The van der Waals surface area contributed by atoms with Crippen LogP contribution in [0.4, 0.5) is 0 Å². The zero-order chi connectivity index (χ0) is 10.3. The summed E-state index contributed by atoms with van der Waals surface area (Å²) >= 11 is 0. The molecule has 1 aromatic rings. The minimum absolute atomic E-state index is 0.125. The normalized spacial score (nSPS) is 8.77. The van der Waals surface area contributed by atoms with Crippen molar-refractivity contribution in [1.82, 2.24) is 15.0 Å². The summed E-state index contributed by atoms with van der Waals surface area (Å²) in [6.07, 6.45) is 0. The molecule has 0 saturated carbocycles. The van der Waals surface area contributed by atoms with Crippen LogP contribution in [0, 0.1) is 0 Å². The van der Waals surface area contributed by atoms with E-state index in [0.29, 0.717) is 0 Å². The molecule has 0 atom stereocenters. The fourth-order valence-corrected chi connectivity index (χ4v) is 0.403. The minimum Gasteiger partial charge on any atom is -0.394 e. The molecule has 74 valence electrons. The van der Waals surface area contributed by atoms with E-state index in [1.165, 1.54) is 0 Å². The van der Waals surface area contributed by atoms with Crippen LogP contribution < -0.4 is 17.1 Å². The zero-order valence-electron chi connectivity index (χ0n) is 6.53. The molecule has 0 bridgehead atoms. The molecule has 0 spiro atoms. The molecule has 1 rings (SSSR count). The molecule has 0 saturated heterocycles. The van der Waals surface area contributed by atoms with E-state index in [2.05, 4.69) is 0 Å². The Kier molecular flexibility index (Phi) is 5.15. The van der Waals surface area contributed by atoms with Crippen molar-refractivity contribution in [3.8, 4) is 0 Å². The first kappa shape index (κ1) is 11.3. The highest BCUT2D eigenvalue weighted by atomic mass is 16.3. The van der Waals surface area contributed by atoms with Crippen LogP contribution in [0.5, 0.6) is 0 Å². The van der Waals surface area contributed by atoms with Gasteiger partial charge in [0.25, 0.3) is 0 Å². The average molecular weight is 191 g/mol. The number of aromatic amines is 3. The lowest BCUT2D eigenvalue weighted by molar-refractivity contribution is 0.186. The molecule has 13 heavy (non-hydrogen) atoms. The zero-order valence-corrected chi connectivity index (χ0v) is 6.53. The molecule has 0 aliphatic heterocycles. The van der Waals surface area contributed by atoms with Crippen molar-refractivity contribution in [3.05, 3.63) is 31.5 Å². The topological polar surface area (TPSA) is 139 Å². The van der Waals surface area contributed by atoms with Gasteiger partial charge >= 0.3 is 17.1 Å². The van der Waals surface area contributed by atoms with Crippen molar-refractivity contribution in [2.75, 3.05) is 13.2 Å². The Morgan fingerprint density at radius 1 is 0.769 bits per heavy atom. The Balaban J connectivity index is 0.000000310. The molecule has 8 heteroatoms. The lowest BCUT2D eigenvalue weighted by atomic mass is 10.8. The largest absolute Gasteiger partial charge is 0.394 e. The van der Waals surface area contributed by atoms with Gasteiger partial charge in [-0.3, -0.25) is 15.0 Å². The van der Waals surface area contributed by atoms with Gasteiger partial charge in [-0.15, -0.1) is 0 Å². The maximum Gasteiger partial charge on any atom is 0.330 e. The first-order chi connectivity index (χ1) is 6.10. The van der Waals surface area contributed by atoms with Crippen LogP contribution in [0.2, 0.25) is 0 Å². The minimum atomic E-state index is -0.802. The third kappa shape index (κ3) is 5.58. The average Bonchev–Trinajstić information content (AvgIpc) is 2.02. The Bertz CT molecular complexity index is 307. The van der Waals surface area contributed by atoms with Crippen LogP contribution in [0.25, 0.3) is 0 Å². The van der Waals surface area contributed by atoms with Gasteiger partial charge in [0.15, 0.2) is 0 Å². The van der Waals surface area contributed by atoms with Crippen LogP contribution >= 0.6 is 0 Å². The maximum absolute atomic E-state index is 10.2. The maximum atomic E-state index is 10.2. The third-order valence-electron chi connectivity index (χ3n) is 0.781. The Morgan fingerprint density at radius 2 is 1.00 bits per heavy atom. The molecule has 5 N–H and O–H groups in total. The summed E-state index contributed by atoms with van der Waals surface area (Å²) in [7, 11) is 0. The summed E-state index contributed by atoms with van der Waals surface area (Å²) < 4.78 is 0. The predicted molar refractivity (Wildman–Crippen MR) is 42.5 cm³/mol. The van der Waals surface area contributed by atoms with Crippen LogP contribution in [0.1, 0.15) is 0 Å². The summed E-state index contributed by atoms with van der Waals surface area (Å²) in [5.74, 6) is 0. The highest BCUT2D eigenvalue weighted by Crippen LogP contribution is 1.39. The van der Waals surface area contributed by atoms with E-state index in [0.717, 1.165) is 0 Å². The molecule has 0 radical (unpaired) electrons. The second-order valence-corrected chi connectivity index (χ2v) is 1.81. The SMILES string of the molecule is O=c1[nH]c(=O)[nH]c(=O)[nH]1.OCCO.